The zero-order valence-electron chi connectivity index (χ0n) is 19.6. The van der Waals surface area contributed by atoms with E-state index in [0.29, 0.717) is 0 Å². The van der Waals surface area contributed by atoms with E-state index in [2.05, 4.69) is 91.1 Å². The molecule has 2 heterocycles. The van der Waals surface area contributed by atoms with Crippen LogP contribution in [0.25, 0.3) is 32.1 Å². The lowest BCUT2D eigenvalue weighted by Crippen LogP contribution is -2.11. The Bertz CT molecular complexity index is 1250. The molecule has 2 aromatic carbocycles. The Labute approximate surface area is 185 Å². The summed E-state index contributed by atoms with van der Waals surface area (Å²) in [5, 5.41) is 6.40. The molecule has 0 aliphatic heterocycles. The Morgan fingerprint density at radius 1 is 0.900 bits per heavy atom. The maximum Gasteiger partial charge on any atom is 0.0781 e. The van der Waals surface area contributed by atoms with E-state index in [9.17, 15) is 0 Å². The summed E-state index contributed by atoms with van der Waals surface area (Å²) in [5.74, 6) is 0. The van der Waals surface area contributed by atoms with Crippen molar-refractivity contribution in [2.75, 3.05) is 0 Å². The van der Waals surface area contributed by atoms with E-state index in [1.807, 2.05) is 17.5 Å². The highest BCUT2D eigenvalue weighted by atomic mass is 32.1. The highest BCUT2D eigenvalue weighted by Crippen LogP contribution is 2.40. The van der Waals surface area contributed by atoms with Gasteiger partial charge in [0.2, 0.25) is 0 Å². The van der Waals surface area contributed by atoms with Crippen LogP contribution in [0, 0.1) is 19.3 Å². The third kappa shape index (κ3) is 3.90. The number of nitrogens with zero attached hydrogens (tertiary/aromatic N) is 1. The van der Waals surface area contributed by atoms with E-state index in [4.69, 9.17) is 4.98 Å². The third-order valence-electron chi connectivity index (χ3n) is 5.79. The number of benzene rings is 2. The number of aryl methyl sites for hydroxylation is 2. The van der Waals surface area contributed by atoms with Crippen molar-refractivity contribution < 1.29 is 0 Å². The molecule has 0 spiro atoms. The molecule has 0 saturated heterocycles. The van der Waals surface area contributed by atoms with Crippen molar-refractivity contribution in [3.05, 3.63) is 64.2 Å². The zero-order valence-corrected chi connectivity index (χ0v) is 20.4. The van der Waals surface area contributed by atoms with E-state index in [0.717, 1.165) is 12.1 Å². The van der Waals surface area contributed by atoms with Crippen molar-refractivity contribution in [2.24, 2.45) is 5.41 Å². The fraction of sp³-hybridized carbons (Fsp3) is 0.393. The van der Waals surface area contributed by atoms with Gasteiger partial charge in [-0.2, -0.15) is 0 Å². The van der Waals surface area contributed by atoms with Crippen LogP contribution in [0.1, 0.15) is 63.8 Å². The van der Waals surface area contributed by atoms with Crippen LogP contribution in [0.3, 0.4) is 0 Å². The first kappa shape index (κ1) is 21.1. The van der Waals surface area contributed by atoms with Crippen LogP contribution in [0.15, 0.2) is 41.9 Å². The molecular formula is C28H33NS. The van der Waals surface area contributed by atoms with Crippen LogP contribution in [-0.2, 0) is 11.8 Å². The first-order chi connectivity index (χ1) is 13.9. The van der Waals surface area contributed by atoms with Crippen LogP contribution < -0.4 is 0 Å². The van der Waals surface area contributed by atoms with E-state index < -0.39 is 0 Å². The number of pyridine rings is 1. The van der Waals surface area contributed by atoms with Gasteiger partial charge in [0.1, 0.15) is 0 Å². The summed E-state index contributed by atoms with van der Waals surface area (Å²) in [6.07, 6.45) is 3.08. The van der Waals surface area contributed by atoms with Gasteiger partial charge in [-0.1, -0.05) is 53.2 Å². The normalized spacial score (nSPS) is 12.8. The fourth-order valence-corrected chi connectivity index (χ4v) is 5.59. The molecule has 0 aliphatic carbocycles. The van der Waals surface area contributed by atoms with Crippen LogP contribution in [0.4, 0.5) is 0 Å². The van der Waals surface area contributed by atoms with Crippen LogP contribution in [-0.4, -0.2) is 4.98 Å². The molecule has 0 atom stereocenters. The van der Waals surface area contributed by atoms with Crippen molar-refractivity contribution in [1.29, 1.82) is 0 Å². The number of aromatic nitrogens is 1. The lowest BCUT2D eigenvalue weighted by atomic mass is 9.84. The van der Waals surface area contributed by atoms with E-state index in [1.165, 1.54) is 48.7 Å². The third-order valence-corrected chi connectivity index (χ3v) is 6.86. The van der Waals surface area contributed by atoms with Crippen LogP contribution in [0.2, 0.25) is 0 Å². The standard InChI is InChI=1S/C28H33NS/c1-17-11-19(14-21(12-17)28(6,7)8)25-23-13-18(2)24-20(15-27(3,4)5)16-30-26(24)22(23)9-10-29-25/h9-14,16H,15H2,1-8H3. The molecule has 0 saturated carbocycles. The molecule has 4 rings (SSSR count). The lowest BCUT2D eigenvalue weighted by Gasteiger charge is -2.21. The van der Waals surface area contributed by atoms with Gasteiger partial charge in [0.15, 0.2) is 0 Å². The molecule has 30 heavy (non-hydrogen) atoms. The summed E-state index contributed by atoms with van der Waals surface area (Å²) in [4.78, 5) is 4.86. The second-order valence-electron chi connectivity index (χ2n) is 11.0. The SMILES string of the molecule is Cc1cc(-c2nccc3c2cc(C)c2c(CC(C)(C)C)csc23)cc(C(C)(C)C)c1. The second kappa shape index (κ2) is 7.20. The summed E-state index contributed by atoms with van der Waals surface area (Å²) in [6.45, 7) is 18.2. The van der Waals surface area contributed by atoms with Crippen molar-refractivity contribution in [3.63, 3.8) is 0 Å². The second-order valence-corrected chi connectivity index (χ2v) is 11.9. The maximum absolute atomic E-state index is 4.86. The maximum atomic E-state index is 4.86. The fourth-order valence-electron chi connectivity index (χ4n) is 4.41. The molecule has 2 heteroatoms. The summed E-state index contributed by atoms with van der Waals surface area (Å²) >= 11 is 1.88. The molecular weight excluding hydrogens is 382 g/mol. The molecule has 1 nitrogen and oxygen atoms in total. The lowest BCUT2D eigenvalue weighted by molar-refractivity contribution is 0.413. The summed E-state index contributed by atoms with van der Waals surface area (Å²) in [7, 11) is 0. The van der Waals surface area contributed by atoms with Crippen molar-refractivity contribution >= 4 is 32.2 Å². The summed E-state index contributed by atoms with van der Waals surface area (Å²) < 4.78 is 1.40. The minimum atomic E-state index is 0.115. The van der Waals surface area contributed by atoms with E-state index >= 15 is 0 Å². The highest BCUT2D eigenvalue weighted by Gasteiger charge is 2.20. The first-order valence-electron chi connectivity index (χ1n) is 10.8. The van der Waals surface area contributed by atoms with Gasteiger partial charge < -0.3 is 0 Å². The smallest absolute Gasteiger partial charge is 0.0781 e. The largest absolute Gasteiger partial charge is 0.256 e. The van der Waals surface area contributed by atoms with Gasteiger partial charge in [0, 0.05) is 27.2 Å². The van der Waals surface area contributed by atoms with Gasteiger partial charge in [0.05, 0.1) is 5.69 Å². The molecule has 2 aromatic heterocycles. The Balaban J connectivity index is 1.98. The van der Waals surface area contributed by atoms with Crippen molar-refractivity contribution in [1.82, 2.24) is 4.98 Å². The molecule has 0 amide bonds. The summed E-state index contributed by atoms with van der Waals surface area (Å²) in [6, 6.07) is 11.5. The van der Waals surface area contributed by atoms with Crippen LogP contribution >= 0.6 is 11.3 Å². The Morgan fingerprint density at radius 3 is 2.30 bits per heavy atom. The Hall–Kier alpha value is -2.19. The minimum absolute atomic E-state index is 0.115. The zero-order chi connectivity index (χ0) is 21.8. The average Bonchev–Trinajstić information content (AvgIpc) is 3.03. The number of hydrogen-bond donors (Lipinski definition) is 0. The highest BCUT2D eigenvalue weighted by molar-refractivity contribution is 7.18. The molecule has 0 N–H and O–H groups in total. The monoisotopic (exact) mass is 415 g/mol. The Morgan fingerprint density at radius 2 is 1.63 bits per heavy atom. The quantitative estimate of drug-likeness (QED) is 0.319. The first-order valence-corrected chi connectivity index (χ1v) is 11.7. The molecule has 0 bridgehead atoms. The van der Waals surface area contributed by atoms with Gasteiger partial charge in [0.25, 0.3) is 0 Å². The molecule has 0 unspecified atom stereocenters. The predicted octanol–water partition coefficient (Wildman–Crippen LogP) is 8.62. The number of fused-ring (bicyclic) bond motifs is 3. The minimum Gasteiger partial charge on any atom is -0.256 e. The van der Waals surface area contributed by atoms with Gasteiger partial charge in [-0.25, -0.2) is 0 Å². The van der Waals surface area contributed by atoms with E-state index in [1.54, 1.807) is 0 Å². The molecule has 4 aromatic rings. The number of thiophene rings is 1. The average molecular weight is 416 g/mol. The number of hydrogen-bond acceptors (Lipinski definition) is 2. The van der Waals surface area contributed by atoms with Gasteiger partial charge >= 0.3 is 0 Å². The summed E-state index contributed by atoms with van der Waals surface area (Å²) in [5.41, 5.74) is 8.19. The number of rotatable bonds is 2. The van der Waals surface area contributed by atoms with Gasteiger partial charge in [-0.15, -0.1) is 11.3 Å². The van der Waals surface area contributed by atoms with Gasteiger partial charge in [-0.05, 0) is 82.8 Å². The molecule has 0 fully saturated rings. The predicted molar refractivity (Wildman–Crippen MR) is 134 cm³/mol. The van der Waals surface area contributed by atoms with Crippen molar-refractivity contribution in [3.8, 4) is 11.3 Å². The van der Waals surface area contributed by atoms with Gasteiger partial charge in [-0.3, -0.25) is 4.98 Å². The topological polar surface area (TPSA) is 12.9 Å². The van der Waals surface area contributed by atoms with E-state index in [-0.39, 0.29) is 10.8 Å². The molecule has 0 radical (unpaired) electrons. The Kier molecular flexibility index (Phi) is 5.05. The molecule has 0 aliphatic rings. The molecule has 156 valence electrons. The van der Waals surface area contributed by atoms with Crippen LogP contribution in [0.5, 0.6) is 0 Å². The van der Waals surface area contributed by atoms with Crippen molar-refractivity contribution in [2.45, 2.75) is 67.2 Å².